The van der Waals surface area contributed by atoms with Crippen molar-refractivity contribution in [1.82, 2.24) is 4.90 Å². The zero-order valence-electron chi connectivity index (χ0n) is 11.8. The Morgan fingerprint density at radius 2 is 1.95 bits per heavy atom. The van der Waals surface area contributed by atoms with Gasteiger partial charge < -0.3 is 15.7 Å². The molecule has 0 fully saturated rings. The van der Waals surface area contributed by atoms with Gasteiger partial charge in [0.2, 0.25) is 0 Å². The molecule has 0 radical (unpaired) electrons. The minimum Gasteiger partial charge on any atom is -0.396 e. The Morgan fingerprint density at radius 1 is 1.26 bits per heavy atom. The number of aliphatic hydroxyl groups is 1. The smallest absolute Gasteiger partial charge is 0.0443 e. The molecule has 0 amide bonds. The zero-order chi connectivity index (χ0) is 14.3. The van der Waals surface area contributed by atoms with Gasteiger partial charge in [-0.15, -0.1) is 0 Å². The van der Waals surface area contributed by atoms with E-state index in [9.17, 15) is 0 Å². The molecule has 0 bridgehead atoms. The molecule has 0 saturated heterocycles. The maximum atomic E-state index is 8.93. The topological polar surface area (TPSA) is 49.5 Å². The summed E-state index contributed by atoms with van der Waals surface area (Å²) in [4.78, 5) is 2.37. The first-order valence-electron chi connectivity index (χ1n) is 6.91. The van der Waals surface area contributed by atoms with Gasteiger partial charge in [-0.25, -0.2) is 0 Å². The van der Waals surface area contributed by atoms with Crippen LogP contribution in [0.5, 0.6) is 0 Å². The predicted molar refractivity (Wildman–Crippen MR) is 84.1 cm³/mol. The molecule has 1 aromatic carbocycles. The lowest BCUT2D eigenvalue weighted by atomic mass is 10.0. The van der Waals surface area contributed by atoms with Crippen LogP contribution in [0.3, 0.4) is 0 Å². The largest absolute Gasteiger partial charge is 0.396 e. The van der Waals surface area contributed by atoms with Crippen LogP contribution >= 0.6 is 15.9 Å². The lowest BCUT2D eigenvalue weighted by molar-refractivity contribution is 0.186. The van der Waals surface area contributed by atoms with E-state index < -0.39 is 0 Å². The molecule has 3 N–H and O–H groups in total. The summed E-state index contributed by atoms with van der Waals surface area (Å²) >= 11 is 3.55. The van der Waals surface area contributed by atoms with Gasteiger partial charge in [0.25, 0.3) is 0 Å². The third-order valence-corrected chi connectivity index (χ3v) is 4.09. The zero-order valence-corrected chi connectivity index (χ0v) is 13.4. The van der Waals surface area contributed by atoms with Crippen LogP contribution in [0.4, 0.5) is 0 Å². The summed E-state index contributed by atoms with van der Waals surface area (Å²) in [5.74, 6) is 0. The normalized spacial score (nSPS) is 13.2. The molecule has 0 aliphatic heterocycles. The van der Waals surface area contributed by atoms with Gasteiger partial charge in [-0.1, -0.05) is 34.1 Å². The SMILES string of the molecule is CC(C)N(CCCO)CCC(N)c1ccccc1Br. The number of benzene rings is 1. The van der Waals surface area contributed by atoms with Crippen molar-refractivity contribution >= 4 is 15.9 Å². The lowest BCUT2D eigenvalue weighted by Gasteiger charge is -2.27. The van der Waals surface area contributed by atoms with E-state index in [0.29, 0.717) is 6.04 Å². The summed E-state index contributed by atoms with van der Waals surface area (Å²) in [7, 11) is 0. The molecular weight excluding hydrogens is 304 g/mol. The molecule has 0 aliphatic carbocycles. The molecule has 0 aliphatic rings. The fraction of sp³-hybridized carbons (Fsp3) is 0.600. The van der Waals surface area contributed by atoms with Crippen molar-refractivity contribution in [3.05, 3.63) is 34.3 Å². The van der Waals surface area contributed by atoms with Crippen LogP contribution < -0.4 is 5.73 Å². The number of aliphatic hydroxyl groups excluding tert-OH is 1. The second-order valence-electron chi connectivity index (χ2n) is 5.12. The van der Waals surface area contributed by atoms with Crippen LogP contribution in [-0.2, 0) is 0 Å². The number of hydrogen-bond acceptors (Lipinski definition) is 3. The van der Waals surface area contributed by atoms with Crippen molar-refractivity contribution < 1.29 is 5.11 Å². The minimum absolute atomic E-state index is 0.0472. The maximum absolute atomic E-state index is 8.93. The average Bonchev–Trinajstić information content (AvgIpc) is 2.38. The van der Waals surface area contributed by atoms with Crippen molar-refractivity contribution in [2.45, 2.75) is 38.8 Å². The molecule has 1 rings (SSSR count). The molecule has 108 valence electrons. The number of halogens is 1. The van der Waals surface area contributed by atoms with Gasteiger partial charge in [-0.2, -0.15) is 0 Å². The molecule has 0 heterocycles. The van der Waals surface area contributed by atoms with Crippen LogP contribution in [0, 0.1) is 0 Å². The first-order valence-corrected chi connectivity index (χ1v) is 7.70. The van der Waals surface area contributed by atoms with Gasteiger partial charge in [-0.05, 0) is 38.3 Å². The van der Waals surface area contributed by atoms with Crippen molar-refractivity contribution in [3.63, 3.8) is 0 Å². The van der Waals surface area contributed by atoms with E-state index in [1.54, 1.807) is 0 Å². The summed E-state index contributed by atoms with van der Waals surface area (Å²) in [6.45, 7) is 6.50. The molecule has 1 unspecified atom stereocenters. The highest BCUT2D eigenvalue weighted by molar-refractivity contribution is 9.10. The fourth-order valence-electron chi connectivity index (χ4n) is 2.14. The van der Waals surface area contributed by atoms with Crippen molar-refractivity contribution in [2.24, 2.45) is 5.73 Å². The molecule has 1 aromatic rings. The van der Waals surface area contributed by atoms with Gasteiger partial charge in [0.15, 0.2) is 0 Å². The van der Waals surface area contributed by atoms with Crippen molar-refractivity contribution in [3.8, 4) is 0 Å². The quantitative estimate of drug-likeness (QED) is 0.771. The molecule has 4 heteroatoms. The molecule has 1 atom stereocenters. The van der Waals surface area contributed by atoms with E-state index in [-0.39, 0.29) is 12.6 Å². The molecule has 0 aromatic heterocycles. The summed E-state index contributed by atoms with van der Waals surface area (Å²) < 4.78 is 1.08. The van der Waals surface area contributed by atoms with Crippen LogP contribution in [0.15, 0.2) is 28.7 Å². The van der Waals surface area contributed by atoms with E-state index in [1.165, 1.54) is 0 Å². The van der Waals surface area contributed by atoms with Gasteiger partial charge in [0.05, 0.1) is 0 Å². The molecule has 19 heavy (non-hydrogen) atoms. The Morgan fingerprint density at radius 3 is 2.53 bits per heavy atom. The van der Waals surface area contributed by atoms with Gasteiger partial charge >= 0.3 is 0 Å². The monoisotopic (exact) mass is 328 g/mol. The minimum atomic E-state index is 0.0472. The fourth-order valence-corrected chi connectivity index (χ4v) is 2.72. The second kappa shape index (κ2) is 8.69. The highest BCUT2D eigenvalue weighted by Gasteiger charge is 2.13. The van der Waals surface area contributed by atoms with Crippen molar-refractivity contribution in [2.75, 3.05) is 19.7 Å². The van der Waals surface area contributed by atoms with Crippen LogP contribution in [0.2, 0.25) is 0 Å². The Labute approximate surface area is 124 Å². The Hall–Kier alpha value is -0.420. The standard InChI is InChI=1S/C15H25BrN2O/c1-12(2)18(9-5-11-19)10-8-15(17)13-6-3-4-7-14(13)16/h3-4,6-7,12,15,19H,5,8-11,17H2,1-2H3. The Balaban J connectivity index is 2.52. The van der Waals surface area contributed by atoms with E-state index in [2.05, 4.69) is 40.7 Å². The lowest BCUT2D eigenvalue weighted by Crippen LogP contribution is -2.34. The Kier molecular flexibility index (Phi) is 7.61. The highest BCUT2D eigenvalue weighted by atomic mass is 79.9. The summed E-state index contributed by atoms with van der Waals surface area (Å²) in [6, 6.07) is 8.65. The molecular formula is C15H25BrN2O. The molecule has 0 saturated carbocycles. The third-order valence-electron chi connectivity index (χ3n) is 3.37. The molecule has 0 spiro atoms. The summed E-state index contributed by atoms with van der Waals surface area (Å²) in [5.41, 5.74) is 7.43. The predicted octanol–water partition coefficient (Wildman–Crippen LogP) is 2.93. The number of nitrogens with two attached hydrogens (primary N) is 1. The Bertz CT molecular complexity index is 371. The van der Waals surface area contributed by atoms with Gasteiger partial charge in [0, 0.05) is 36.3 Å². The first-order chi connectivity index (χ1) is 9.06. The van der Waals surface area contributed by atoms with Crippen LogP contribution in [0.1, 0.15) is 38.3 Å². The van der Waals surface area contributed by atoms with E-state index in [1.807, 2.05) is 18.2 Å². The first kappa shape index (κ1) is 16.6. The highest BCUT2D eigenvalue weighted by Crippen LogP contribution is 2.24. The molecule has 3 nitrogen and oxygen atoms in total. The van der Waals surface area contributed by atoms with Gasteiger partial charge in [-0.3, -0.25) is 0 Å². The third kappa shape index (κ3) is 5.61. The van der Waals surface area contributed by atoms with Gasteiger partial charge in [0.1, 0.15) is 0 Å². The van der Waals surface area contributed by atoms with E-state index in [0.717, 1.165) is 36.0 Å². The number of nitrogens with zero attached hydrogens (tertiary/aromatic N) is 1. The van der Waals surface area contributed by atoms with E-state index in [4.69, 9.17) is 10.8 Å². The van der Waals surface area contributed by atoms with Crippen LogP contribution in [0.25, 0.3) is 0 Å². The second-order valence-corrected chi connectivity index (χ2v) is 5.98. The summed E-state index contributed by atoms with van der Waals surface area (Å²) in [5, 5.41) is 8.93. The van der Waals surface area contributed by atoms with E-state index >= 15 is 0 Å². The maximum Gasteiger partial charge on any atom is 0.0443 e. The average molecular weight is 329 g/mol. The van der Waals surface area contributed by atoms with Crippen molar-refractivity contribution in [1.29, 1.82) is 0 Å². The number of rotatable bonds is 8. The summed E-state index contributed by atoms with van der Waals surface area (Å²) in [6.07, 6.45) is 1.74. The number of hydrogen-bond donors (Lipinski definition) is 2. The van der Waals surface area contributed by atoms with Crippen LogP contribution in [-0.4, -0.2) is 35.7 Å².